The van der Waals surface area contributed by atoms with Gasteiger partial charge in [-0.2, -0.15) is 0 Å². The third-order valence-corrected chi connectivity index (χ3v) is 18.3. The zero-order valence-electron chi connectivity index (χ0n) is 37.5. The highest BCUT2D eigenvalue weighted by molar-refractivity contribution is 8.77. The van der Waals surface area contributed by atoms with Gasteiger partial charge in [0.25, 0.3) is 0 Å². The van der Waals surface area contributed by atoms with Gasteiger partial charge in [-0.25, -0.2) is 4.79 Å². The van der Waals surface area contributed by atoms with E-state index in [2.05, 4.69) is 26.1 Å². The molecule has 1 amide bonds. The Morgan fingerprint density at radius 3 is 2.21 bits per heavy atom. The SMILES string of the molecule is CC(C)C12CC1C1OC13C1(C)CCC4=C(COC4=O)C1CC1OC13C2OC(=O)CCCC(=O)NCCOCCOCCOCCOCCOCCOC(=O)CCCCC1CCSS1. The summed E-state index contributed by atoms with van der Waals surface area (Å²) in [4.78, 5) is 50.5. The van der Waals surface area contributed by atoms with Gasteiger partial charge in [0.2, 0.25) is 5.91 Å². The van der Waals surface area contributed by atoms with Crippen LogP contribution >= 0.6 is 21.6 Å². The molecule has 10 atom stereocenters. The average Bonchev–Trinajstić information content (AvgIpc) is 4.21. The summed E-state index contributed by atoms with van der Waals surface area (Å²) in [6, 6.07) is 0. The Hall–Kier alpha value is -1.96. The normalized spacial score (nSPS) is 35.1. The van der Waals surface area contributed by atoms with E-state index in [0.717, 1.165) is 48.5 Å². The first-order chi connectivity index (χ1) is 30.6. The van der Waals surface area contributed by atoms with Crippen LogP contribution in [0.2, 0.25) is 0 Å². The third-order valence-electron chi connectivity index (χ3n) is 15.3. The number of esters is 3. The predicted molar refractivity (Wildman–Crippen MR) is 233 cm³/mol. The molecule has 4 aliphatic heterocycles. The smallest absolute Gasteiger partial charge is 0.334 e. The van der Waals surface area contributed by atoms with Gasteiger partial charge < -0.3 is 52.7 Å². The van der Waals surface area contributed by atoms with E-state index >= 15 is 0 Å². The van der Waals surface area contributed by atoms with Gasteiger partial charge in [-0.3, -0.25) is 14.4 Å². The van der Waals surface area contributed by atoms with E-state index in [1.165, 1.54) is 18.6 Å². The van der Waals surface area contributed by atoms with Crippen LogP contribution in [-0.4, -0.2) is 150 Å². The van der Waals surface area contributed by atoms with E-state index in [9.17, 15) is 19.2 Å². The Kier molecular flexibility index (Phi) is 15.8. The fourth-order valence-electron chi connectivity index (χ4n) is 11.9. The molecule has 2 spiro atoms. The van der Waals surface area contributed by atoms with E-state index in [-0.39, 0.29) is 78.1 Å². The number of cyclic esters (lactones) is 1. The molecule has 0 radical (unpaired) electrons. The minimum absolute atomic E-state index is 0.0734. The molecule has 4 aliphatic carbocycles. The number of amides is 1. The Morgan fingerprint density at radius 2 is 1.52 bits per heavy atom. The highest BCUT2D eigenvalue weighted by atomic mass is 33.1. The monoisotopic (exact) mass is 923 g/mol. The van der Waals surface area contributed by atoms with Crippen molar-refractivity contribution < 1.29 is 66.5 Å². The second kappa shape index (κ2) is 20.9. The molecule has 3 saturated carbocycles. The first kappa shape index (κ1) is 47.5. The molecule has 8 aliphatic rings. The number of epoxide rings is 2. The van der Waals surface area contributed by atoms with Gasteiger partial charge in [0.1, 0.15) is 24.9 Å². The van der Waals surface area contributed by atoms with Crippen LogP contribution in [0.5, 0.6) is 0 Å². The van der Waals surface area contributed by atoms with Crippen molar-refractivity contribution in [2.24, 2.45) is 28.6 Å². The van der Waals surface area contributed by atoms with Crippen molar-refractivity contribution in [3.63, 3.8) is 0 Å². The van der Waals surface area contributed by atoms with Gasteiger partial charge in [-0.05, 0) is 74.7 Å². The van der Waals surface area contributed by atoms with Crippen molar-refractivity contribution in [1.29, 1.82) is 0 Å². The standard InChI is InChI=1S/C46H69NO14S2/c1-30(2)44-28-35(44)40-46(61-40)43(3)13-11-32-33(29-58-41(32)51)34(43)27-36-45(46,60-36)42(44)59-39(50)10-6-8-37(48)47-14-15-52-16-17-53-18-19-54-20-21-55-22-23-56-24-25-57-38(49)9-5-4-7-31-12-26-62-63-31/h30-31,34-36,40,42H,4-29H2,1-3H3,(H,47,48). The zero-order valence-corrected chi connectivity index (χ0v) is 39.1. The van der Waals surface area contributed by atoms with Crippen molar-refractivity contribution in [3.05, 3.63) is 11.1 Å². The third kappa shape index (κ3) is 9.75. The molecule has 3 saturated heterocycles. The summed E-state index contributed by atoms with van der Waals surface area (Å²) in [5.41, 5.74) is 0.354. The van der Waals surface area contributed by atoms with E-state index in [1.807, 2.05) is 21.6 Å². The van der Waals surface area contributed by atoms with Crippen molar-refractivity contribution in [2.75, 3.05) is 91.6 Å². The Bertz CT molecular complexity index is 1680. The summed E-state index contributed by atoms with van der Waals surface area (Å²) < 4.78 is 58.5. The number of hydrogen-bond donors (Lipinski definition) is 1. The number of unbranched alkanes of at least 4 members (excludes halogenated alkanes) is 1. The number of hydrogen-bond acceptors (Lipinski definition) is 16. The van der Waals surface area contributed by atoms with Gasteiger partial charge in [-0.1, -0.05) is 48.8 Å². The largest absolute Gasteiger partial charge is 0.463 e. The fourth-order valence-corrected chi connectivity index (χ4v) is 15.0. The molecule has 0 bridgehead atoms. The van der Waals surface area contributed by atoms with Crippen LogP contribution in [0.4, 0.5) is 0 Å². The van der Waals surface area contributed by atoms with Crippen LogP contribution in [0.25, 0.3) is 0 Å². The molecule has 10 unspecified atom stereocenters. The molecular formula is C46H69NO14S2. The van der Waals surface area contributed by atoms with Crippen molar-refractivity contribution in [1.82, 2.24) is 5.32 Å². The van der Waals surface area contributed by atoms with Crippen molar-refractivity contribution >= 4 is 45.4 Å². The molecule has 0 aromatic rings. The summed E-state index contributed by atoms with van der Waals surface area (Å²) in [5.74, 6) is 1.24. The van der Waals surface area contributed by atoms with Crippen LogP contribution in [0, 0.1) is 28.6 Å². The average molecular weight is 924 g/mol. The maximum absolute atomic E-state index is 13.5. The zero-order chi connectivity index (χ0) is 44.1. The molecule has 63 heavy (non-hydrogen) atoms. The van der Waals surface area contributed by atoms with E-state index in [1.54, 1.807) is 0 Å². The lowest BCUT2D eigenvalue weighted by atomic mass is 9.46. The molecule has 1 N–H and O–H groups in total. The molecule has 0 aromatic carbocycles. The van der Waals surface area contributed by atoms with Gasteiger partial charge in [0, 0.05) is 53.2 Å². The first-order valence-electron chi connectivity index (χ1n) is 23.6. The highest BCUT2D eigenvalue weighted by Crippen LogP contribution is 2.87. The van der Waals surface area contributed by atoms with E-state index in [4.69, 9.17) is 47.4 Å². The van der Waals surface area contributed by atoms with Gasteiger partial charge >= 0.3 is 17.9 Å². The molecule has 0 aromatic heterocycles. The highest BCUT2D eigenvalue weighted by Gasteiger charge is 3.00. The molecule has 17 heteroatoms. The first-order valence-corrected chi connectivity index (χ1v) is 26.0. The minimum Gasteiger partial charge on any atom is -0.463 e. The number of fused-ring (bicyclic) bond motifs is 4. The van der Waals surface area contributed by atoms with Crippen LogP contribution < -0.4 is 5.32 Å². The lowest BCUT2D eigenvalue weighted by Crippen LogP contribution is -2.67. The summed E-state index contributed by atoms with van der Waals surface area (Å²) in [6.45, 7) is 11.9. The van der Waals surface area contributed by atoms with Crippen molar-refractivity contribution in [3.8, 4) is 0 Å². The van der Waals surface area contributed by atoms with E-state index < -0.39 is 17.3 Å². The molecule has 354 valence electrons. The molecular weight excluding hydrogens is 855 g/mol. The van der Waals surface area contributed by atoms with Gasteiger partial charge in [0.15, 0.2) is 5.60 Å². The topological polar surface area (TPSA) is 179 Å². The Morgan fingerprint density at radius 1 is 0.841 bits per heavy atom. The number of rotatable bonds is 29. The van der Waals surface area contributed by atoms with Gasteiger partial charge in [0.05, 0.1) is 78.3 Å². The molecule has 6 fully saturated rings. The Balaban J connectivity index is 0.613. The lowest BCUT2D eigenvalue weighted by Gasteiger charge is -2.54. The van der Waals surface area contributed by atoms with Crippen LogP contribution in [0.15, 0.2) is 11.1 Å². The van der Waals surface area contributed by atoms with Crippen LogP contribution in [-0.2, 0) is 66.5 Å². The summed E-state index contributed by atoms with van der Waals surface area (Å²) >= 11 is 0. The number of carbonyl (C=O) groups is 4. The summed E-state index contributed by atoms with van der Waals surface area (Å²) in [7, 11) is 3.93. The maximum Gasteiger partial charge on any atom is 0.334 e. The van der Waals surface area contributed by atoms with E-state index in [0.29, 0.717) is 104 Å². The summed E-state index contributed by atoms with van der Waals surface area (Å²) in [5, 5.41) is 3.62. The second-order valence-electron chi connectivity index (χ2n) is 19.0. The lowest BCUT2D eigenvalue weighted by molar-refractivity contribution is -0.172. The van der Waals surface area contributed by atoms with Crippen LogP contribution in [0.3, 0.4) is 0 Å². The minimum atomic E-state index is -0.672. The Labute approximate surface area is 379 Å². The number of ether oxygens (including phenoxy) is 10. The number of carbonyl (C=O) groups excluding carboxylic acids is 4. The molecule has 8 rings (SSSR count). The fraction of sp³-hybridized carbons (Fsp3) is 0.870. The maximum atomic E-state index is 13.5. The number of nitrogens with one attached hydrogen (secondary N) is 1. The van der Waals surface area contributed by atoms with Crippen molar-refractivity contribution in [2.45, 2.75) is 133 Å². The molecule has 15 nitrogen and oxygen atoms in total. The van der Waals surface area contributed by atoms with Crippen LogP contribution in [0.1, 0.15) is 97.8 Å². The predicted octanol–water partition coefficient (Wildman–Crippen LogP) is 5.15. The summed E-state index contributed by atoms with van der Waals surface area (Å²) in [6.07, 6.45) is 8.46. The van der Waals surface area contributed by atoms with Gasteiger partial charge in [-0.15, -0.1) is 0 Å². The second-order valence-corrected chi connectivity index (χ2v) is 21.8. The molecule has 4 heterocycles. The quantitative estimate of drug-likeness (QED) is 0.0342.